The smallest absolute Gasteiger partial charge is 0.270 e. The van der Waals surface area contributed by atoms with E-state index in [1.54, 1.807) is 36.7 Å². The number of unbranched alkanes of at least 4 members (excludes halogenated alkanes) is 5. The monoisotopic (exact) mass is 610 g/mol. The van der Waals surface area contributed by atoms with Gasteiger partial charge in [0.05, 0.1) is 19.1 Å². The molecule has 0 radical (unpaired) electrons. The molecular weight excluding hydrogens is 569 g/mol. The van der Waals surface area contributed by atoms with Gasteiger partial charge >= 0.3 is 0 Å². The minimum absolute atomic E-state index is 0.0858. The number of carbonyl (C=O) groups is 1. The standard InChI is InChI=1S/C32H42N4O4S2/c1-6-8-9-10-11-12-18-36-31(38)28(42-32(36)41)20-24-22(3)25(21-33)30(37)35(17-7-2)29(24)34-16-15-23-13-14-26(39-4)27(19-23)40-5/h13-14,19-20,34H,6-12,15-18H2,1-5H3/b28-20+. The first-order valence-corrected chi connectivity index (χ1v) is 15.9. The third-order valence-corrected chi connectivity index (χ3v) is 8.74. The largest absolute Gasteiger partial charge is 0.493 e. The number of nitrogens with zero attached hydrogens (tertiary/aromatic N) is 3. The SMILES string of the molecule is CCCCCCCCN1C(=O)/C(=C\c2c(C)c(C#N)c(=O)n(CCC)c2NCCc2ccc(OC)c(OC)c2)SC1=S. The number of amides is 1. The molecular formula is C32H42N4O4S2. The van der Waals surface area contributed by atoms with Crippen LogP contribution in [0.4, 0.5) is 5.82 Å². The molecule has 0 unspecified atom stereocenters. The van der Waals surface area contributed by atoms with Crippen LogP contribution in [-0.4, -0.2) is 47.0 Å². The summed E-state index contributed by atoms with van der Waals surface area (Å²) in [5, 5.41) is 13.3. The van der Waals surface area contributed by atoms with Crippen molar-refractivity contribution in [3.63, 3.8) is 0 Å². The first-order valence-electron chi connectivity index (χ1n) is 14.7. The van der Waals surface area contributed by atoms with Crippen molar-refractivity contribution >= 4 is 46.1 Å². The number of thioether (sulfide) groups is 1. The highest BCUT2D eigenvalue weighted by molar-refractivity contribution is 8.26. The lowest BCUT2D eigenvalue weighted by atomic mass is 10.0. The van der Waals surface area contributed by atoms with E-state index in [0.29, 0.717) is 70.1 Å². The van der Waals surface area contributed by atoms with Gasteiger partial charge in [-0.1, -0.05) is 76.0 Å². The quantitative estimate of drug-likeness (QED) is 0.128. The number of rotatable bonds is 16. The lowest BCUT2D eigenvalue weighted by molar-refractivity contribution is -0.122. The van der Waals surface area contributed by atoms with Crippen molar-refractivity contribution in [1.82, 2.24) is 9.47 Å². The van der Waals surface area contributed by atoms with E-state index in [2.05, 4.69) is 18.3 Å². The molecule has 0 aliphatic carbocycles. The van der Waals surface area contributed by atoms with Crippen LogP contribution in [0.5, 0.6) is 11.5 Å². The fourth-order valence-corrected chi connectivity index (χ4v) is 6.32. The third-order valence-electron chi connectivity index (χ3n) is 7.36. The van der Waals surface area contributed by atoms with Crippen LogP contribution >= 0.6 is 24.0 Å². The number of anilines is 1. The van der Waals surface area contributed by atoms with Gasteiger partial charge in [0.2, 0.25) is 0 Å². The molecule has 8 nitrogen and oxygen atoms in total. The number of aromatic nitrogens is 1. The fourth-order valence-electron chi connectivity index (χ4n) is 5.03. The molecule has 0 saturated carbocycles. The summed E-state index contributed by atoms with van der Waals surface area (Å²) >= 11 is 6.86. The molecule has 1 aliphatic heterocycles. The predicted octanol–water partition coefficient (Wildman–Crippen LogP) is 6.67. The van der Waals surface area contributed by atoms with Crippen molar-refractivity contribution in [3.05, 3.63) is 55.7 Å². The second-order valence-electron chi connectivity index (χ2n) is 10.3. The zero-order valence-electron chi connectivity index (χ0n) is 25.4. The van der Waals surface area contributed by atoms with Crippen LogP contribution in [0.3, 0.4) is 0 Å². The Balaban J connectivity index is 1.91. The van der Waals surface area contributed by atoms with E-state index in [-0.39, 0.29) is 17.0 Å². The maximum Gasteiger partial charge on any atom is 0.270 e. The average Bonchev–Trinajstić information content (AvgIpc) is 3.25. The highest BCUT2D eigenvalue weighted by Gasteiger charge is 2.32. The Labute approximate surface area is 259 Å². The highest BCUT2D eigenvalue weighted by Crippen LogP contribution is 2.35. The average molecular weight is 611 g/mol. The molecule has 1 amide bonds. The van der Waals surface area contributed by atoms with E-state index in [1.807, 2.05) is 25.1 Å². The topological polar surface area (TPSA) is 96.6 Å². The van der Waals surface area contributed by atoms with Gasteiger partial charge in [-0.05, 0) is 55.5 Å². The van der Waals surface area contributed by atoms with Crippen LogP contribution in [0.15, 0.2) is 27.9 Å². The predicted molar refractivity (Wildman–Crippen MR) is 175 cm³/mol. The number of hydrogen-bond acceptors (Lipinski definition) is 8. The molecule has 2 heterocycles. The van der Waals surface area contributed by atoms with Gasteiger partial charge in [-0.15, -0.1) is 0 Å². The molecule has 1 fully saturated rings. The molecule has 1 aromatic heterocycles. The first-order chi connectivity index (χ1) is 20.3. The number of nitriles is 1. The summed E-state index contributed by atoms with van der Waals surface area (Å²) in [7, 11) is 3.20. The lowest BCUT2D eigenvalue weighted by Gasteiger charge is -2.20. The van der Waals surface area contributed by atoms with Crippen LogP contribution in [-0.2, 0) is 17.8 Å². The van der Waals surface area contributed by atoms with Crippen molar-refractivity contribution < 1.29 is 14.3 Å². The van der Waals surface area contributed by atoms with Crippen LogP contribution in [0.2, 0.25) is 0 Å². The maximum absolute atomic E-state index is 13.4. The summed E-state index contributed by atoms with van der Waals surface area (Å²) in [5.41, 5.74) is 1.99. The molecule has 1 aliphatic rings. The molecule has 1 aromatic carbocycles. The molecule has 0 bridgehead atoms. The van der Waals surface area contributed by atoms with Gasteiger partial charge in [0, 0.05) is 25.2 Å². The Kier molecular flexibility index (Phi) is 12.9. The molecule has 3 rings (SSSR count). The summed E-state index contributed by atoms with van der Waals surface area (Å²) in [6.45, 7) is 7.50. The van der Waals surface area contributed by atoms with E-state index < -0.39 is 0 Å². The Bertz CT molecular complexity index is 1410. The summed E-state index contributed by atoms with van der Waals surface area (Å²) < 4.78 is 12.9. The summed E-state index contributed by atoms with van der Waals surface area (Å²) in [6, 6.07) is 7.87. The van der Waals surface area contributed by atoms with E-state index in [4.69, 9.17) is 21.7 Å². The molecule has 1 saturated heterocycles. The van der Waals surface area contributed by atoms with Crippen LogP contribution in [0.1, 0.15) is 81.0 Å². The van der Waals surface area contributed by atoms with E-state index >= 15 is 0 Å². The Morgan fingerprint density at radius 2 is 1.74 bits per heavy atom. The van der Waals surface area contributed by atoms with E-state index in [9.17, 15) is 14.9 Å². The number of nitrogens with one attached hydrogen (secondary N) is 1. The number of benzene rings is 1. The second-order valence-corrected chi connectivity index (χ2v) is 12.0. The number of thiocarbonyl (C=S) groups is 1. The molecule has 10 heteroatoms. The molecule has 0 atom stereocenters. The van der Waals surface area contributed by atoms with Crippen LogP contribution in [0, 0.1) is 18.3 Å². The van der Waals surface area contributed by atoms with Gasteiger partial charge in [-0.3, -0.25) is 19.1 Å². The number of methoxy groups -OCH3 is 2. The van der Waals surface area contributed by atoms with Crippen molar-refractivity contribution in [3.8, 4) is 17.6 Å². The van der Waals surface area contributed by atoms with Gasteiger partial charge in [0.1, 0.15) is 21.8 Å². The summed E-state index contributed by atoms with van der Waals surface area (Å²) in [4.78, 5) is 28.9. The molecule has 1 N–H and O–H groups in total. The third kappa shape index (κ3) is 7.96. The van der Waals surface area contributed by atoms with E-state index in [1.165, 1.54) is 31.0 Å². The van der Waals surface area contributed by atoms with Gasteiger partial charge in [0.15, 0.2) is 11.5 Å². The molecule has 2 aromatic rings. The van der Waals surface area contributed by atoms with Crippen molar-refractivity contribution in [2.75, 3.05) is 32.6 Å². The zero-order chi connectivity index (χ0) is 30.6. The number of hydrogen-bond donors (Lipinski definition) is 1. The van der Waals surface area contributed by atoms with Crippen molar-refractivity contribution in [1.29, 1.82) is 5.26 Å². The van der Waals surface area contributed by atoms with Gasteiger partial charge in [-0.25, -0.2) is 0 Å². The molecule has 42 heavy (non-hydrogen) atoms. The normalized spacial score (nSPS) is 14.0. The Morgan fingerprint density at radius 1 is 1.02 bits per heavy atom. The van der Waals surface area contributed by atoms with Crippen LogP contribution < -0.4 is 20.3 Å². The molecule has 0 spiro atoms. The van der Waals surface area contributed by atoms with Crippen LogP contribution in [0.25, 0.3) is 6.08 Å². The molecule has 226 valence electrons. The number of pyridine rings is 1. The van der Waals surface area contributed by atoms with Gasteiger partial charge in [0.25, 0.3) is 11.5 Å². The summed E-state index contributed by atoms with van der Waals surface area (Å²) in [5.74, 6) is 1.78. The first kappa shape index (κ1) is 33.2. The fraction of sp³-hybridized carbons (Fsp3) is 0.500. The maximum atomic E-state index is 13.4. The van der Waals surface area contributed by atoms with Crippen molar-refractivity contribution in [2.45, 2.75) is 78.7 Å². The lowest BCUT2D eigenvalue weighted by Crippen LogP contribution is -2.29. The number of carbonyl (C=O) groups excluding carboxylic acids is 1. The Morgan fingerprint density at radius 3 is 2.40 bits per heavy atom. The zero-order valence-corrected chi connectivity index (χ0v) is 27.0. The highest BCUT2D eigenvalue weighted by atomic mass is 32.2. The van der Waals surface area contributed by atoms with Gasteiger partial charge < -0.3 is 14.8 Å². The minimum atomic E-state index is -0.335. The van der Waals surface area contributed by atoms with E-state index in [0.717, 1.165) is 24.8 Å². The van der Waals surface area contributed by atoms with Crippen molar-refractivity contribution in [2.24, 2.45) is 0 Å². The summed E-state index contributed by atoms with van der Waals surface area (Å²) in [6.07, 6.45) is 9.93. The van der Waals surface area contributed by atoms with Gasteiger partial charge in [-0.2, -0.15) is 5.26 Å². The second kappa shape index (κ2) is 16.4. The minimum Gasteiger partial charge on any atom is -0.493 e. The number of ether oxygens (including phenoxy) is 2. The Hall–Kier alpha value is -3.29.